The van der Waals surface area contributed by atoms with Crippen LogP contribution in [0.25, 0.3) is 0 Å². The predicted molar refractivity (Wildman–Crippen MR) is 71.6 cm³/mol. The maximum atomic E-state index is 13.6. The van der Waals surface area contributed by atoms with Gasteiger partial charge in [-0.25, -0.2) is 13.2 Å². The minimum Gasteiger partial charge on any atom is -0.494 e. The van der Waals surface area contributed by atoms with Crippen LogP contribution in [0.3, 0.4) is 0 Å². The lowest BCUT2D eigenvalue weighted by atomic mass is 10.0. The molecule has 0 aliphatic heterocycles. The van der Waals surface area contributed by atoms with Gasteiger partial charge in [0.2, 0.25) is 0 Å². The van der Waals surface area contributed by atoms with Gasteiger partial charge in [-0.15, -0.1) is 11.6 Å². The van der Waals surface area contributed by atoms with Crippen molar-refractivity contribution in [2.75, 3.05) is 7.11 Å². The van der Waals surface area contributed by atoms with Crippen LogP contribution in [0.5, 0.6) is 5.75 Å². The van der Waals surface area contributed by atoms with Crippen molar-refractivity contribution in [3.8, 4) is 5.75 Å². The van der Waals surface area contributed by atoms with E-state index in [4.69, 9.17) is 16.3 Å². The molecule has 2 rings (SSSR count). The van der Waals surface area contributed by atoms with Gasteiger partial charge >= 0.3 is 0 Å². The lowest BCUT2D eigenvalue weighted by molar-refractivity contribution is 0.386. The fraction of sp³-hybridized carbons (Fsp3) is 0.200. The van der Waals surface area contributed by atoms with E-state index in [0.29, 0.717) is 5.56 Å². The van der Waals surface area contributed by atoms with Crippen LogP contribution >= 0.6 is 11.6 Å². The van der Waals surface area contributed by atoms with Crippen LogP contribution in [-0.2, 0) is 6.42 Å². The molecule has 0 radical (unpaired) electrons. The number of rotatable bonds is 4. The topological polar surface area (TPSA) is 9.23 Å². The van der Waals surface area contributed by atoms with E-state index in [1.165, 1.54) is 37.4 Å². The highest BCUT2D eigenvalue weighted by Gasteiger charge is 2.16. The summed E-state index contributed by atoms with van der Waals surface area (Å²) in [5.74, 6) is -2.26. The Kier molecular flexibility index (Phi) is 4.55. The van der Waals surface area contributed by atoms with Gasteiger partial charge < -0.3 is 4.74 Å². The molecule has 2 aromatic rings. The molecule has 1 unspecified atom stereocenters. The van der Waals surface area contributed by atoms with Crippen molar-refractivity contribution >= 4 is 11.6 Å². The summed E-state index contributed by atoms with van der Waals surface area (Å²) in [6.45, 7) is 0. The Bertz CT molecular complexity index is 616. The molecule has 0 heterocycles. The molecule has 0 aliphatic rings. The van der Waals surface area contributed by atoms with E-state index < -0.39 is 22.8 Å². The van der Waals surface area contributed by atoms with Crippen molar-refractivity contribution in [3.63, 3.8) is 0 Å². The zero-order valence-electron chi connectivity index (χ0n) is 10.7. The van der Waals surface area contributed by atoms with E-state index in [0.717, 1.165) is 6.07 Å². The molecule has 2 aromatic carbocycles. The first-order valence-corrected chi connectivity index (χ1v) is 6.37. The molecule has 1 nitrogen and oxygen atoms in total. The van der Waals surface area contributed by atoms with Crippen LogP contribution < -0.4 is 4.74 Å². The van der Waals surface area contributed by atoms with Crippen molar-refractivity contribution in [3.05, 3.63) is 65.0 Å². The van der Waals surface area contributed by atoms with Crippen molar-refractivity contribution in [1.82, 2.24) is 0 Å². The number of benzene rings is 2. The summed E-state index contributed by atoms with van der Waals surface area (Å²) in [6.07, 6.45) is 0.0972. The molecule has 5 heteroatoms. The molecule has 0 aliphatic carbocycles. The molecular formula is C15H12ClF3O. The first kappa shape index (κ1) is 14.7. The Hall–Kier alpha value is -1.68. The summed E-state index contributed by atoms with van der Waals surface area (Å²) in [4.78, 5) is 0. The van der Waals surface area contributed by atoms with E-state index in [-0.39, 0.29) is 17.7 Å². The van der Waals surface area contributed by atoms with Gasteiger partial charge in [0.15, 0.2) is 23.2 Å². The zero-order valence-corrected chi connectivity index (χ0v) is 11.4. The van der Waals surface area contributed by atoms with Gasteiger partial charge in [-0.2, -0.15) is 0 Å². The van der Waals surface area contributed by atoms with E-state index >= 15 is 0 Å². The summed E-state index contributed by atoms with van der Waals surface area (Å²) in [5, 5.41) is -0.610. The smallest absolute Gasteiger partial charge is 0.165 e. The number of hydrogen-bond acceptors (Lipinski definition) is 1. The Morgan fingerprint density at radius 2 is 1.85 bits per heavy atom. The summed E-state index contributed by atoms with van der Waals surface area (Å²) in [7, 11) is 1.34. The standard InChI is InChI=1S/C15H12ClF3O/c1-20-14-8-9(5-6-12(14)17)11(16)7-10-3-2-4-13(18)15(10)19/h2-6,8,11H,7H2,1H3. The largest absolute Gasteiger partial charge is 0.494 e. The highest BCUT2D eigenvalue weighted by atomic mass is 35.5. The fourth-order valence-corrected chi connectivity index (χ4v) is 2.19. The number of hydrogen-bond donors (Lipinski definition) is 0. The maximum absolute atomic E-state index is 13.6. The van der Waals surface area contributed by atoms with Crippen LogP contribution in [0.2, 0.25) is 0 Å². The predicted octanol–water partition coefficient (Wildman–Crippen LogP) is 4.64. The molecule has 0 saturated carbocycles. The summed E-state index contributed by atoms with van der Waals surface area (Å²) in [6, 6.07) is 8.10. The zero-order chi connectivity index (χ0) is 14.7. The molecule has 0 saturated heterocycles. The monoisotopic (exact) mass is 300 g/mol. The second-order valence-corrected chi connectivity index (χ2v) is 4.81. The van der Waals surface area contributed by atoms with Crippen molar-refractivity contribution < 1.29 is 17.9 Å². The minimum atomic E-state index is -0.914. The van der Waals surface area contributed by atoms with Gasteiger partial charge in [0.25, 0.3) is 0 Å². The Morgan fingerprint density at radius 1 is 1.10 bits per heavy atom. The Balaban J connectivity index is 2.24. The molecule has 106 valence electrons. The SMILES string of the molecule is COc1cc(C(Cl)Cc2cccc(F)c2F)ccc1F. The van der Waals surface area contributed by atoms with Crippen LogP contribution in [0.15, 0.2) is 36.4 Å². The third-order valence-electron chi connectivity index (χ3n) is 2.97. The van der Waals surface area contributed by atoms with Gasteiger partial charge in [-0.1, -0.05) is 18.2 Å². The number of halogens is 4. The molecule has 0 amide bonds. The highest BCUT2D eigenvalue weighted by molar-refractivity contribution is 6.20. The van der Waals surface area contributed by atoms with Crippen LogP contribution in [0.4, 0.5) is 13.2 Å². The molecule has 1 atom stereocenters. The minimum absolute atomic E-state index is 0.0628. The van der Waals surface area contributed by atoms with E-state index in [1.807, 2.05) is 0 Å². The Labute approximate surface area is 119 Å². The number of alkyl halides is 1. The number of ether oxygens (including phenoxy) is 1. The molecule has 0 aromatic heterocycles. The summed E-state index contributed by atoms with van der Waals surface area (Å²) >= 11 is 6.18. The van der Waals surface area contributed by atoms with Gasteiger partial charge in [-0.05, 0) is 35.7 Å². The van der Waals surface area contributed by atoms with Gasteiger partial charge in [0.1, 0.15) is 0 Å². The molecular weight excluding hydrogens is 289 g/mol. The first-order chi connectivity index (χ1) is 9.52. The van der Waals surface area contributed by atoms with Gasteiger partial charge in [0, 0.05) is 0 Å². The summed E-state index contributed by atoms with van der Waals surface area (Å²) in [5.41, 5.74) is 0.752. The van der Waals surface area contributed by atoms with Crippen LogP contribution in [0, 0.1) is 17.5 Å². The Morgan fingerprint density at radius 3 is 2.55 bits per heavy atom. The highest BCUT2D eigenvalue weighted by Crippen LogP contribution is 2.30. The number of methoxy groups -OCH3 is 1. The molecule has 0 spiro atoms. The average molecular weight is 301 g/mol. The lowest BCUT2D eigenvalue weighted by Gasteiger charge is -2.12. The van der Waals surface area contributed by atoms with Crippen molar-refractivity contribution in [2.45, 2.75) is 11.8 Å². The third-order valence-corrected chi connectivity index (χ3v) is 3.37. The molecule has 0 bridgehead atoms. The summed E-state index contributed by atoms with van der Waals surface area (Å²) < 4.78 is 44.8. The van der Waals surface area contributed by atoms with Crippen molar-refractivity contribution in [1.29, 1.82) is 0 Å². The average Bonchev–Trinajstić information content (AvgIpc) is 2.44. The maximum Gasteiger partial charge on any atom is 0.165 e. The third kappa shape index (κ3) is 3.07. The van der Waals surface area contributed by atoms with E-state index in [9.17, 15) is 13.2 Å². The molecule has 20 heavy (non-hydrogen) atoms. The van der Waals surface area contributed by atoms with Crippen LogP contribution in [0.1, 0.15) is 16.5 Å². The second kappa shape index (κ2) is 6.18. The van der Waals surface area contributed by atoms with E-state index in [1.54, 1.807) is 0 Å². The molecule has 0 fully saturated rings. The van der Waals surface area contributed by atoms with Gasteiger partial charge in [-0.3, -0.25) is 0 Å². The lowest BCUT2D eigenvalue weighted by Crippen LogP contribution is -2.01. The quantitative estimate of drug-likeness (QED) is 0.748. The molecule has 0 N–H and O–H groups in total. The fourth-order valence-electron chi connectivity index (χ4n) is 1.89. The first-order valence-electron chi connectivity index (χ1n) is 5.93. The van der Waals surface area contributed by atoms with Crippen LogP contribution in [-0.4, -0.2) is 7.11 Å². The van der Waals surface area contributed by atoms with E-state index in [2.05, 4.69) is 0 Å². The van der Waals surface area contributed by atoms with Gasteiger partial charge in [0.05, 0.1) is 12.5 Å². The van der Waals surface area contributed by atoms with Crippen molar-refractivity contribution in [2.24, 2.45) is 0 Å². The second-order valence-electron chi connectivity index (χ2n) is 4.28. The normalized spacial score (nSPS) is 12.2.